The molecule has 1 fully saturated rings. The standard InChI is InChI=1S/C19H25N3O2S/c1-13-6-7-14-15(10-13)25-18-17(14)19(24)22(12-20-18)11-16(23)21-8-4-2-3-5-9-21/h12-13H,2-11H2,1H3/t13-/m1/s1. The summed E-state index contributed by atoms with van der Waals surface area (Å²) in [5.41, 5.74) is 1.15. The van der Waals surface area contributed by atoms with Crippen molar-refractivity contribution in [3.63, 3.8) is 0 Å². The van der Waals surface area contributed by atoms with Crippen LogP contribution in [0.5, 0.6) is 0 Å². The molecule has 1 atom stereocenters. The molecule has 0 unspecified atom stereocenters. The summed E-state index contributed by atoms with van der Waals surface area (Å²) in [5, 5.41) is 0.762. The molecule has 0 aromatic carbocycles. The van der Waals surface area contributed by atoms with Crippen molar-refractivity contribution < 1.29 is 4.79 Å². The zero-order chi connectivity index (χ0) is 17.4. The van der Waals surface area contributed by atoms with Gasteiger partial charge in [-0.25, -0.2) is 4.98 Å². The van der Waals surface area contributed by atoms with Crippen molar-refractivity contribution in [3.8, 4) is 0 Å². The van der Waals surface area contributed by atoms with E-state index in [-0.39, 0.29) is 18.0 Å². The van der Waals surface area contributed by atoms with Crippen LogP contribution in [0.15, 0.2) is 11.1 Å². The summed E-state index contributed by atoms with van der Waals surface area (Å²) < 4.78 is 1.51. The average Bonchev–Trinajstić information content (AvgIpc) is 2.78. The van der Waals surface area contributed by atoms with Crippen molar-refractivity contribution in [1.82, 2.24) is 14.5 Å². The largest absolute Gasteiger partial charge is 0.341 e. The number of aromatic nitrogens is 2. The number of amides is 1. The van der Waals surface area contributed by atoms with Crippen molar-refractivity contribution in [3.05, 3.63) is 27.1 Å². The van der Waals surface area contributed by atoms with Gasteiger partial charge in [0, 0.05) is 18.0 Å². The molecule has 1 aliphatic heterocycles. The van der Waals surface area contributed by atoms with E-state index in [1.165, 1.54) is 27.8 Å². The molecule has 2 aliphatic rings. The first-order chi connectivity index (χ1) is 12.1. The number of carbonyl (C=O) groups is 1. The molecule has 3 heterocycles. The van der Waals surface area contributed by atoms with E-state index in [0.29, 0.717) is 5.92 Å². The van der Waals surface area contributed by atoms with Gasteiger partial charge >= 0.3 is 0 Å². The molecule has 4 rings (SSSR count). The van der Waals surface area contributed by atoms with E-state index in [9.17, 15) is 9.59 Å². The van der Waals surface area contributed by atoms with Gasteiger partial charge in [-0.1, -0.05) is 19.8 Å². The van der Waals surface area contributed by atoms with Gasteiger partial charge in [-0.05, 0) is 43.6 Å². The van der Waals surface area contributed by atoms with Gasteiger partial charge in [0.05, 0.1) is 11.7 Å². The van der Waals surface area contributed by atoms with E-state index >= 15 is 0 Å². The number of likely N-dealkylation sites (tertiary alicyclic amines) is 1. The summed E-state index contributed by atoms with van der Waals surface area (Å²) in [4.78, 5) is 34.2. The first-order valence-electron chi connectivity index (χ1n) is 9.41. The number of hydrogen-bond acceptors (Lipinski definition) is 4. The van der Waals surface area contributed by atoms with E-state index in [2.05, 4.69) is 11.9 Å². The fraction of sp³-hybridized carbons (Fsp3) is 0.632. The van der Waals surface area contributed by atoms with Crippen molar-refractivity contribution in [2.24, 2.45) is 5.92 Å². The van der Waals surface area contributed by atoms with Crippen LogP contribution in [-0.4, -0.2) is 33.4 Å². The van der Waals surface area contributed by atoms with Gasteiger partial charge in [0.2, 0.25) is 5.91 Å². The van der Waals surface area contributed by atoms with Gasteiger partial charge in [0.1, 0.15) is 11.4 Å². The molecule has 0 spiro atoms. The Bertz CT molecular complexity index is 846. The predicted octanol–water partition coefficient (Wildman–Crippen LogP) is 2.99. The van der Waals surface area contributed by atoms with Gasteiger partial charge < -0.3 is 4.90 Å². The van der Waals surface area contributed by atoms with Crippen LogP contribution in [0.1, 0.15) is 49.5 Å². The zero-order valence-electron chi connectivity index (χ0n) is 14.8. The monoisotopic (exact) mass is 359 g/mol. The maximum atomic E-state index is 13.0. The smallest absolute Gasteiger partial charge is 0.262 e. The molecule has 2 aromatic heterocycles. The van der Waals surface area contributed by atoms with Crippen LogP contribution in [0.4, 0.5) is 0 Å². The quantitative estimate of drug-likeness (QED) is 0.828. The lowest BCUT2D eigenvalue weighted by molar-refractivity contribution is -0.131. The number of carbonyl (C=O) groups excluding carboxylic acids is 1. The fourth-order valence-electron chi connectivity index (χ4n) is 4.04. The molecule has 0 saturated carbocycles. The Labute approximate surface area is 151 Å². The minimum absolute atomic E-state index is 0.0415. The normalized spacial score (nSPS) is 21.2. The molecule has 1 amide bonds. The lowest BCUT2D eigenvalue weighted by atomic mass is 9.89. The SMILES string of the molecule is C[C@@H]1CCc2c(sc3ncn(CC(=O)N4CCCCCC4)c(=O)c23)C1. The molecule has 1 aliphatic carbocycles. The topological polar surface area (TPSA) is 55.2 Å². The number of thiophene rings is 1. The van der Waals surface area contributed by atoms with E-state index in [0.717, 1.165) is 55.4 Å². The maximum absolute atomic E-state index is 13.0. The highest BCUT2D eigenvalue weighted by molar-refractivity contribution is 7.18. The summed E-state index contributed by atoms with van der Waals surface area (Å²) in [6.45, 7) is 4.01. The lowest BCUT2D eigenvalue weighted by Crippen LogP contribution is -2.37. The lowest BCUT2D eigenvalue weighted by Gasteiger charge is -2.20. The summed E-state index contributed by atoms with van der Waals surface area (Å²) in [6.07, 6.45) is 9.20. The third kappa shape index (κ3) is 3.24. The number of aryl methyl sites for hydroxylation is 1. The third-order valence-corrected chi connectivity index (χ3v) is 6.71. The van der Waals surface area contributed by atoms with Crippen molar-refractivity contribution in [2.75, 3.05) is 13.1 Å². The van der Waals surface area contributed by atoms with Crippen LogP contribution in [0.3, 0.4) is 0 Å². The average molecular weight is 359 g/mol. The summed E-state index contributed by atoms with van der Waals surface area (Å²) in [6, 6.07) is 0. The van der Waals surface area contributed by atoms with Crippen molar-refractivity contribution >= 4 is 27.5 Å². The molecular formula is C19H25N3O2S. The van der Waals surface area contributed by atoms with Crippen molar-refractivity contribution in [2.45, 2.75) is 58.4 Å². The minimum Gasteiger partial charge on any atom is -0.341 e. The molecule has 2 aromatic rings. The van der Waals surface area contributed by atoms with Crippen molar-refractivity contribution in [1.29, 1.82) is 0 Å². The van der Waals surface area contributed by atoms with Crippen LogP contribution in [0, 0.1) is 5.92 Å². The molecule has 134 valence electrons. The van der Waals surface area contributed by atoms with Gasteiger partial charge in [-0.3, -0.25) is 14.2 Å². The van der Waals surface area contributed by atoms with Crippen LogP contribution >= 0.6 is 11.3 Å². The minimum atomic E-state index is -0.0415. The third-order valence-electron chi connectivity index (χ3n) is 5.55. The Morgan fingerprint density at radius 3 is 2.80 bits per heavy atom. The first kappa shape index (κ1) is 16.8. The molecule has 1 saturated heterocycles. The highest BCUT2D eigenvalue weighted by atomic mass is 32.1. The Morgan fingerprint density at radius 1 is 1.28 bits per heavy atom. The predicted molar refractivity (Wildman–Crippen MR) is 100 cm³/mol. The van der Waals surface area contributed by atoms with Gasteiger partial charge in [0.15, 0.2) is 0 Å². The number of nitrogens with zero attached hydrogens (tertiary/aromatic N) is 3. The number of rotatable bonds is 2. The Hall–Kier alpha value is -1.69. The molecule has 0 N–H and O–H groups in total. The molecule has 0 bridgehead atoms. The second-order valence-electron chi connectivity index (χ2n) is 7.50. The zero-order valence-corrected chi connectivity index (χ0v) is 15.6. The highest BCUT2D eigenvalue weighted by Gasteiger charge is 2.24. The molecule has 6 heteroatoms. The second kappa shape index (κ2) is 6.90. The van der Waals surface area contributed by atoms with E-state index < -0.39 is 0 Å². The van der Waals surface area contributed by atoms with Gasteiger partial charge in [0.25, 0.3) is 5.56 Å². The molecule has 25 heavy (non-hydrogen) atoms. The summed E-state index contributed by atoms with van der Waals surface area (Å²) >= 11 is 1.66. The van der Waals surface area contributed by atoms with Crippen LogP contribution in [0.25, 0.3) is 10.2 Å². The van der Waals surface area contributed by atoms with Gasteiger partial charge in [-0.15, -0.1) is 11.3 Å². The van der Waals surface area contributed by atoms with Crippen LogP contribution < -0.4 is 5.56 Å². The Balaban J connectivity index is 1.63. The van der Waals surface area contributed by atoms with E-state index in [4.69, 9.17) is 0 Å². The number of fused-ring (bicyclic) bond motifs is 3. The highest BCUT2D eigenvalue weighted by Crippen LogP contribution is 2.35. The molecular weight excluding hydrogens is 334 g/mol. The molecule has 0 radical (unpaired) electrons. The maximum Gasteiger partial charge on any atom is 0.262 e. The summed E-state index contributed by atoms with van der Waals surface area (Å²) in [5.74, 6) is 0.718. The number of hydrogen-bond donors (Lipinski definition) is 0. The van der Waals surface area contributed by atoms with Gasteiger partial charge in [-0.2, -0.15) is 0 Å². The Kier molecular flexibility index (Phi) is 4.63. The summed E-state index contributed by atoms with van der Waals surface area (Å²) in [7, 11) is 0. The second-order valence-corrected chi connectivity index (χ2v) is 8.59. The van der Waals surface area contributed by atoms with Crippen LogP contribution in [-0.2, 0) is 24.2 Å². The van der Waals surface area contributed by atoms with Crippen LogP contribution in [0.2, 0.25) is 0 Å². The first-order valence-corrected chi connectivity index (χ1v) is 10.2. The van der Waals surface area contributed by atoms with E-state index in [1.54, 1.807) is 17.7 Å². The Morgan fingerprint density at radius 2 is 2.04 bits per heavy atom. The molecule has 5 nitrogen and oxygen atoms in total. The fourth-order valence-corrected chi connectivity index (χ4v) is 5.39. The van der Waals surface area contributed by atoms with E-state index in [1.807, 2.05) is 4.90 Å².